The first-order valence-electron chi connectivity index (χ1n) is 4.30. The fourth-order valence-electron chi connectivity index (χ4n) is 1.63. The molecule has 0 saturated carbocycles. The van der Waals surface area contributed by atoms with Gasteiger partial charge in [0.2, 0.25) is 5.89 Å². The van der Waals surface area contributed by atoms with Gasteiger partial charge in [-0.1, -0.05) is 0 Å². The predicted octanol–water partition coefficient (Wildman–Crippen LogP) is 0.709. The van der Waals surface area contributed by atoms with Crippen LogP contribution in [0.4, 0.5) is 0 Å². The Bertz CT molecular complexity index is 473. The number of aromatic nitrogens is 2. The van der Waals surface area contributed by atoms with Gasteiger partial charge in [0.25, 0.3) is 4.84 Å². The highest BCUT2D eigenvalue weighted by molar-refractivity contribution is 7.91. The Kier molecular flexibility index (Phi) is 2.44. The van der Waals surface area contributed by atoms with E-state index in [1.807, 2.05) is 0 Å². The molecule has 1 aromatic heterocycles. The Balaban J connectivity index is 2.04. The molecule has 2 rings (SSSR count). The second-order valence-corrected chi connectivity index (χ2v) is 6.08. The van der Waals surface area contributed by atoms with Crippen LogP contribution in [0.1, 0.15) is 12.3 Å². The zero-order valence-corrected chi connectivity index (χ0v) is 9.03. The van der Waals surface area contributed by atoms with Gasteiger partial charge >= 0.3 is 0 Å². The lowest BCUT2D eigenvalue weighted by Crippen LogP contribution is -2.07. The molecule has 5 nitrogen and oxygen atoms in total. The first kappa shape index (κ1) is 9.85. The highest BCUT2D eigenvalue weighted by Gasteiger charge is 2.28. The van der Waals surface area contributed by atoms with Crippen LogP contribution < -0.4 is 0 Å². The monoisotopic (exact) mass is 234 g/mol. The third-order valence-corrected chi connectivity index (χ3v) is 4.28. The summed E-state index contributed by atoms with van der Waals surface area (Å²) in [6, 6.07) is 0. The van der Waals surface area contributed by atoms with Crippen LogP contribution in [0.2, 0.25) is 0 Å². The zero-order valence-electron chi connectivity index (χ0n) is 7.39. The molecule has 0 radical (unpaired) electrons. The second kappa shape index (κ2) is 3.47. The van der Waals surface area contributed by atoms with Gasteiger partial charge in [0.15, 0.2) is 9.84 Å². The van der Waals surface area contributed by atoms with Crippen molar-refractivity contribution in [2.45, 2.75) is 12.8 Å². The molecule has 7 heteroatoms. The van der Waals surface area contributed by atoms with Crippen molar-refractivity contribution in [1.29, 1.82) is 0 Å². The number of aromatic amines is 1. The fourth-order valence-corrected chi connectivity index (χ4v) is 3.63. The summed E-state index contributed by atoms with van der Waals surface area (Å²) in [6.07, 6.45) is 1.24. The SMILES string of the molecule is O=S1(=O)CC[C@H](Cc2n[nH]c(=S)o2)C1. The van der Waals surface area contributed by atoms with Crippen LogP contribution in [0, 0.1) is 10.8 Å². The molecule has 0 unspecified atom stereocenters. The quantitative estimate of drug-likeness (QED) is 0.763. The number of sulfone groups is 1. The average molecular weight is 234 g/mol. The van der Waals surface area contributed by atoms with Gasteiger partial charge in [-0.15, -0.1) is 5.10 Å². The van der Waals surface area contributed by atoms with Gasteiger partial charge in [0.05, 0.1) is 11.5 Å². The van der Waals surface area contributed by atoms with E-state index in [1.54, 1.807) is 0 Å². The number of nitrogens with zero attached hydrogens (tertiary/aromatic N) is 1. The Labute approximate surface area is 86.4 Å². The highest BCUT2D eigenvalue weighted by atomic mass is 32.2. The van der Waals surface area contributed by atoms with E-state index in [1.165, 1.54) is 0 Å². The summed E-state index contributed by atoms with van der Waals surface area (Å²) in [4.78, 5) is 0.237. The minimum atomic E-state index is -2.81. The molecule has 0 bridgehead atoms. The molecule has 1 N–H and O–H groups in total. The number of H-pyrrole nitrogens is 1. The summed E-state index contributed by atoms with van der Waals surface area (Å²) in [5.74, 6) is 1.14. The molecule has 1 fully saturated rings. The first-order chi connectivity index (χ1) is 6.55. The van der Waals surface area contributed by atoms with Crippen molar-refractivity contribution in [2.24, 2.45) is 5.92 Å². The molecular weight excluding hydrogens is 224 g/mol. The molecule has 14 heavy (non-hydrogen) atoms. The van der Waals surface area contributed by atoms with Crippen LogP contribution in [0.15, 0.2) is 4.42 Å². The summed E-state index contributed by atoms with van der Waals surface area (Å²) >= 11 is 4.72. The third kappa shape index (κ3) is 2.21. The van der Waals surface area contributed by atoms with Crippen molar-refractivity contribution in [3.05, 3.63) is 10.7 Å². The molecule has 1 aromatic rings. The highest BCUT2D eigenvalue weighted by Crippen LogP contribution is 2.21. The molecule has 1 atom stereocenters. The van der Waals surface area contributed by atoms with Crippen LogP contribution in [-0.4, -0.2) is 30.1 Å². The van der Waals surface area contributed by atoms with E-state index < -0.39 is 9.84 Å². The average Bonchev–Trinajstić information content (AvgIpc) is 2.59. The number of nitrogens with one attached hydrogen (secondary N) is 1. The lowest BCUT2D eigenvalue weighted by atomic mass is 10.1. The maximum atomic E-state index is 11.2. The van der Waals surface area contributed by atoms with Crippen LogP contribution in [-0.2, 0) is 16.3 Å². The summed E-state index contributed by atoms with van der Waals surface area (Å²) in [7, 11) is -2.81. The number of hydrogen-bond acceptors (Lipinski definition) is 5. The van der Waals surface area contributed by atoms with Crippen molar-refractivity contribution in [2.75, 3.05) is 11.5 Å². The van der Waals surface area contributed by atoms with E-state index in [0.717, 1.165) is 0 Å². The van der Waals surface area contributed by atoms with Crippen LogP contribution in [0.3, 0.4) is 0 Å². The minimum absolute atomic E-state index is 0.126. The van der Waals surface area contributed by atoms with E-state index >= 15 is 0 Å². The molecule has 0 amide bonds. The van der Waals surface area contributed by atoms with E-state index in [9.17, 15) is 8.42 Å². The third-order valence-electron chi connectivity index (χ3n) is 2.27. The summed E-state index contributed by atoms with van der Waals surface area (Å²) < 4.78 is 27.4. The molecule has 78 valence electrons. The van der Waals surface area contributed by atoms with Crippen LogP contribution >= 0.6 is 12.2 Å². The largest absolute Gasteiger partial charge is 0.414 e. The smallest absolute Gasteiger partial charge is 0.284 e. The van der Waals surface area contributed by atoms with E-state index in [-0.39, 0.29) is 22.3 Å². The molecular formula is C7H10N2O3S2. The summed E-state index contributed by atoms with van der Waals surface area (Å²) in [5, 5.41) is 6.35. The zero-order chi connectivity index (χ0) is 10.2. The standard InChI is InChI=1S/C7H10N2O3S2/c10-14(11)2-1-5(4-14)3-6-8-9-7(13)12-6/h5H,1-4H2,(H,9,13)/t5-/m1/s1. The summed E-state index contributed by atoms with van der Waals surface area (Å²) in [6.45, 7) is 0. The molecule has 2 heterocycles. The van der Waals surface area contributed by atoms with Gasteiger partial charge in [0.1, 0.15) is 0 Å². The van der Waals surface area contributed by atoms with Crippen molar-refractivity contribution in [1.82, 2.24) is 10.2 Å². The van der Waals surface area contributed by atoms with Crippen molar-refractivity contribution in [3.8, 4) is 0 Å². The Hall–Kier alpha value is -0.690. The van der Waals surface area contributed by atoms with Crippen molar-refractivity contribution >= 4 is 22.1 Å². The molecule has 1 saturated heterocycles. The molecule has 1 aliphatic rings. The van der Waals surface area contributed by atoms with E-state index in [4.69, 9.17) is 16.6 Å². The van der Waals surface area contributed by atoms with Gasteiger partial charge in [-0.05, 0) is 24.6 Å². The van der Waals surface area contributed by atoms with Crippen LogP contribution in [0.25, 0.3) is 0 Å². The predicted molar refractivity (Wildman–Crippen MR) is 52.2 cm³/mol. The molecule has 0 spiro atoms. The molecule has 1 aliphatic heterocycles. The van der Waals surface area contributed by atoms with Crippen molar-refractivity contribution in [3.63, 3.8) is 0 Å². The Morgan fingerprint density at radius 1 is 1.64 bits per heavy atom. The molecule has 0 aliphatic carbocycles. The molecule has 0 aromatic carbocycles. The number of hydrogen-bond donors (Lipinski definition) is 1. The topological polar surface area (TPSA) is 76.0 Å². The van der Waals surface area contributed by atoms with Crippen molar-refractivity contribution < 1.29 is 12.8 Å². The lowest BCUT2D eigenvalue weighted by molar-refractivity contribution is 0.438. The van der Waals surface area contributed by atoms with Gasteiger partial charge in [-0.25, -0.2) is 13.5 Å². The maximum absolute atomic E-state index is 11.2. The van der Waals surface area contributed by atoms with Crippen LogP contribution in [0.5, 0.6) is 0 Å². The van der Waals surface area contributed by atoms with Gasteiger partial charge in [0, 0.05) is 6.42 Å². The fraction of sp³-hybridized carbons (Fsp3) is 0.714. The normalized spacial score (nSPS) is 25.3. The van der Waals surface area contributed by atoms with Gasteiger partial charge < -0.3 is 4.42 Å². The van der Waals surface area contributed by atoms with Gasteiger partial charge in [-0.2, -0.15) is 0 Å². The Morgan fingerprint density at radius 2 is 2.43 bits per heavy atom. The summed E-state index contributed by atoms with van der Waals surface area (Å²) in [5.41, 5.74) is 0. The van der Waals surface area contributed by atoms with Gasteiger partial charge in [-0.3, -0.25) is 0 Å². The minimum Gasteiger partial charge on any atom is -0.414 e. The van der Waals surface area contributed by atoms with E-state index in [2.05, 4.69) is 10.2 Å². The Morgan fingerprint density at radius 3 is 2.93 bits per heavy atom. The number of rotatable bonds is 2. The first-order valence-corrected chi connectivity index (χ1v) is 6.53. The van der Waals surface area contributed by atoms with E-state index in [0.29, 0.717) is 18.7 Å². The lowest BCUT2D eigenvalue weighted by Gasteiger charge is -2.01. The maximum Gasteiger partial charge on any atom is 0.284 e. The second-order valence-electron chi connectivity index (χ2n) is 3.48.